The second-order valence-corrected chi connectivity index (χ2v) is 5.53. The second-order valence-electron chi connectivity index (χ2n) is 4.19. The Morgan fingerprint density at radius 1 is 1.50 bits per heavy atom. The van der Waals surface area contributed by atoms with E-state index in [-0.39, 0.29) is 0 Å². The van der Waals surface area contributed by atoms with Gasteiger partial charge in [0.05, 0.1) is 0 Å². The Balaban J connectivity index is 2.02. The molecule has 0 bridgehead atoms. The predicted octanol–water partition coefficient (Wildman–Crippen LogP) is 3.48. The molecule has 1 aliphatic carbocycles. The van der Waals surface area contributed by atoms with E-state index in [1.54, 1.807) is 0 Å². The molecular formula is C10H20S2. The molecule has 0 aromatic heterocycles. The minimum Gasteiger partial charge on any atom is -0.179 e. The Morgan fingerprint density at radius 2 is 2.17 bits per heavy atom. The van der Waals surface area contributed by atoms with E-state index in [4.69, 9.17) is 0 Å². The van der Waals surface area contributed by atoms with E-state index in [1.807, 2.05) is 0 Å². The van der Waals surface area contributed by atoms with Crippen LogP contribution in [0.4, 0.5) is 0 Å². The molecule has 0 N–H and O–H groups in total. The fraction of sp³-hybridized carbons (Fsp3) is 1.00. The maximum atomic E-state index is 4.40. The van der Waals surface area contributed by atoms with Crippen LogP contribution in [0.3, 0.4) is 0 Å². The maximum Gasteiger partial charge on any atom is -0.000289 e. The third-order valence-electron chi connectivity index (χ3n) is 2.80. The van der Waals surface area contributed by atoms with Gasteiger partial charge in [0.15, 0.2) is 0 Å². The molecule has 12 heavy (non-hydrogen) atoms. The number of hydrogen-bond acceptors (Lipinski definition) is 2. The van der Waals surface area contributed by atoms with Crippen molar-refractivity contribution in [3.05, 3.63) is 0 Å². The Kier molecular flexibility index (Phi) is 4.31. The van der Waals surface area contributed by atoms with Crippen LogP contribution >= 0.6 is 24.4 Å². The van der Waals surface area contributed by atoms with Crippen LogP contribution in [-0.2, 0) is 0 Å². The molecule has 0 aromatic carbocycles. The molecule has 72 valence electrons. The van der Waals surface area contributed by atoms with Gasteiger partial charge in [0.1, 0.15) is 0 Å². The van der Waals surface area contributed by atoms with Gasteiger partial charge in [-0.3, -0.25) is 0 Å². The van der Waals surface area contributed by atoms with Gasteiger partial charge in [0.25, 0.3) is 0 Å². The minimum absolute atomic E-state index is 0.654. The van der Waals surface area contributed by atoms with Crippen molar-refractivity contribution in [1.29, 1.82) is 0 Å². The van der Waals surface area contributed by atoms with Crippen LogP contribution in [0.15, 0.2) is 0 Å². The lowest BCUT2D eigenvalue weighted by molar-refractivity contribution is 0.631. The quantitative estimate of drug-likeness (QED) is 0.646. The summed E-state index contributed by atoms with van der Waals surface area (Å²) in [5, 5.41) is 0. The molecule has 1 aliphatic rings. The first-order valence-corrected chi connectivity index (χ1v) is 6.70. The SMILES string of the molecule is CCC(C)CSCC1(CS)CC1. The standard InChI is InChI=1S/C10H20S2/c1-3-9(2)6-12-8-10(7-11)4-5-10/h9,11H,3-8H2,1-2H3. The van der Waals surface area contributed by atoms with Gasteiger partial charge in [-0.15, -0.1) is 0 Å². The number of thiol groups is 1. The average Bonchev–Trinajstić information content (AvgIpc) is 2.85. The van der Waals surface area contributed by atoms with Gasteiger partial charge in [-0.1, -0.05) is 20.3 Å². The second kappa shape index (κ2) is 4.80. The molecule has 0 aromatic rings. The Hall–Kier alpha value is 0.700. The van der Waals surface area contributed by atoms with Gasteiger partial charge in [-0.25, -0.2) is 0 Å². The van der Waals surface area contributed by atoms with Gasteiger partial charge in [-0.05, 0) is 41.4 Å². The molecule has 1 atom stereocenters. The lowest BCUT2D eigenvalue weighted by Crippen LogP contribution is -2.07. The van der Waals surface area contributed by atoms with E-state index >= 15 is 0 Å². The molecule has 0 radical (unpaired) electrons. The first-order valence-electron chi connectivity index (χ1n) is 4.91. The van der Waals surface area contributed by atoms with E-state index in [9.17, 15) is 0 Å². The molecule has 0 saturated heterocycles. The Morgan fingerprint density at radius 3 is 2.58 bits per heavy atom. The van der Waals surface area contributed by atoms with Crippen molar-refractivity contribution in [3.8, 4) is 0 Å². The van der Waals surface area contributed by atoms with Crippen molar-refractivity contribution >= 4 is 24.4 Å². The molecule has 0 spiro atoms. The van der Waals surface area contributed by atoms with Gasteiger partial charge in [0, 0.05) is 0 Å². The maximum absolute atomic E-state index is 4.40. The van der Waals surface area contributed by atoms with E-state index in [0.717, 1.165) is 11.7 Å². The van der Waals surface area contributed by atoms with Crippen LogP contribution in [0, 0.1) is 11.3 Å². The molecule has 0 heterocycles. The fourth-order valence-corrected chi connectivity index (χ4v) is 3.28. The fourth-order valence-electron chi connectivity index (χ4n) is 1.12. The highest BCUT2D eigenvalue weighted by Gasteiger charge is 2.40. The number of thioether (sulfide) groups is 1. The topological polar surface area (TPSA) is 0 Å². The highest BCUT2D eigenvalue weighted by atomic mass is 32.2. The smallest absolute Gasteiger partial charge is 0.000289 e. The summed E-state index contributed by atoms with van der Waals surface area (Å²) in [5.41, 5.74) is 0.654. The molecule has 1 rings (SSSR count). The van der Waals surface area contributed by atoms with E-state index in [2.05, 4.69) is 38.2 Å². The zero-order valence-corrected chi connectivity index (χ0v) is 9.89. The Bertz CT molecular complexity index is 130. The summed E-state index contributed by atoms with van der Waals surface area (Å²) in [6.07, 6.45) is 4.16. The van der Waals surface area contributed by atoms with Crippen molar-refractivity contribution in [2.45, 2.75) is 33.1 Å². The molecule has 0 amide bonds. The van der Waals surface area contributed by atoms with E-state index in [1.165, 1.54) is 30.8 Å². The lowest BCUT2D eigenvalue weighted by Gasteiger charge is -2.13. The third kappa shape index (κ3) is 3.21. The van der Waals surface area contributed by atoms with Crippen LogP contribution in [0.1, 0.15) is 33.1 Å². The van der Waals surface area contributed by atoms with E-state index < -0.39 is 0 Å². The number of rotatable bonds is 6. The zero-order valence-electron chi connectivity index (χ0n) is 8.18. The van der Waals surface area contributed by atoms with Crippen LogP contribution in [0.5, 0.6) is 0 Å². The van der Waals surface area contributed by atoms with Crippen LogP contribution < -0.4 is 0 Å². The van der Waals surface area contributed by atoms with Crippen LogP contribution in [-0.4, -0.2) is 17.3 Å². The Labute approximate surface area is 86.3 Å². The van der Waals surface area contributed by atoms with Crippen molar-refractivity contribution in [2.24, 2.45) is 11.3 Å². The lowest BCUT2D eigenvalue weighted by atomic mass is 10.2. The monoisotopic (exact) mass is 204 g/mol. The van der Waals surface area contributed by atoms with Crippen LogP contribution in [0.25, 0.3) is 0 Å². The van der Waals surface area contributed by atoms with Crippen molar-refractivity contribution in [3.63, 3.8) is 0 Å². The first-order chi connectivity index (χ1) is 5.72. The summed E-state index contributed by atoms with van der Waals surface area (Å²) < 4.78 is 0. The average molecular weight is 204 g/mol. The van der Waals surface area contributed by atoms with Crippen LogP contribution in [0.2, 0.25) is 0 Å². The third-order valence-corrected chi connectivity index (χ3v) is 5.09. The molecule has 0 aliphatic heterocycles. The summed E-state index contributed by atoms with van der Waals surface area (Å²) in [6, 6.07) is 0. The summed E-state index contributed by atoms with van der Waals surface area (Å²) >= 11 is 6.53. The minimum atomic E-state index is 0.654. The molecule has 1 fully saturated rings. The summed E-state index contributed by atoms with van der Waals surface area (Å²) in [4.78, 5) is 0. The highest BCUT2D eigenvalue weighted by molar-refractivity contribution is 7.99. The first kappa shape index (κ1) is 10.8. The van der Waals surface area contributed by atoms with Crippen molar-refractivity contribution in [2.75, 3.05) is 17.3 Å². The van der Waals surface area contributed by atoms with Gasteiger partial charge >= 0.3 is 0 Å². The number of hydrogen-bond donors (Lipinski definition) is 1. The van der Waals surface area contributed by atoms with Gasteiger partial charge < -0.3 is 0 Å². The van der Waals surface area contributed by atoms with Gasteiger partial charge in [-0.2, -0.15) is 24.4 Å². The normalized spacial score (nSPS) is 22.2. The summed E-state index contributed by atoms with van der Waals surface area (Å²) in [5.74, 6) is 4.68. The predicted molar refractivity (Wildman–Crippen MR) is 62.3 cm³/mol. The van der Waals surface area contributed by atoms with E-state index in [0.29, 0.717) is 5.41 Å². The van der Waals surface area contributed by atoms with Crippen molar-refractivity contribution < 1.29 is 0 Å². The molecule has 2 heteroatoms. The summed E-state index contributed by atoms with van der Waals surface area (Å²) in [7, 11) is 0. The summed E-state index contributed by atoms with van der Waals surface area (Å²) in [6.45, 7) is 4.62. The molecule has 1 saturated carbocycles. The largest absolute Gasteiger partial charge is 0.179 e. The molecule has 1 unspecified atom stereocenters. The molecular weight excluding hydrogens is 184 g/mol. The zero-order chi connectivity index (χ0) is 9.03. The molecule has 0 nitrogen and oxygen atoms in total. The van der Waals surface area contributed by atoms with Gasteiger partial charge in [0.2, 0.25) is 0 Å². The highest BCUT2D eigenvalue weighted by Crippen LogP contribution is 2.48. The van der Waals surface area contributed by atoms with Crippen molar-refractivity contribution in [1.82, 2.24) is 0 Å².